The molecule has 0 saturated carbocycles. The molecule has 4 aromatic rings. The van der Waals surface area contributed by atoms with Crippen molar-refractivity contribution in [2.45, 2.75) is 44.2 Å². The molecule has 4 rings (SSSR count). The van der Waals surface area contributed by atoms with Gasteiger partial charge in [0, 0.05) is 35.1 Å². The summed E-state index contributed by atoms with van der Waals surface area (Å²) >= 11 is 13.1. The maximum Gasteiger partial charge on any atom is 0.264 e. The number of anilines is 1. The second-order valence-electron chi connectivity index (χ2n) is 10.4. The first-order chi connectivity index (χ1) is 21.1. The van der Waals surface area contributed by atoms with Crippen molar-refractivity contribution < 1.29 is 18.0 Å². The minimum Gasteiger partial charge on any atom is -0.354 e. The Hall–Kier alpha value is -3.85. The van der Waals surface area contributed by atoms with Crippen LogP contribution >= 0.6 is 23.2 Å². The van der Waals surface area contributed by atoms with Crippen LogP contribution in [0.15, 0.2) is 108 Å². The van der Waals surface area contributed by atoms with E-state index in [-0.39, 0.29) is 23.8 Å². The van der Waals surface area contributed by atoms with Crippen LogP contribution in [0.2, 0.25) is 10.0 Å². The van der Waals surface area contributed by atoms with Crippen molar-refractivity contribution >= 4 is 50.7 Å². The zero-order valence-corrected chi connectivity index (χ0v) is 26.9. The molecule has 0 aliphatic carbocycles. The second kappa shape index (κ2) is 15.2. The lowest BCUT2D eigenvalue weighted by atomic mass is 10.0. The molecule has 0 radical (unpaired) electrons. The number of rotatable bonds is 13. The van der Waals surface area contributed by atoms with Crippen LogP contribution in [0, 0.1) is 6.92 Å². The van der Waals surface area contributed by atoms with E-state index >= 15 is 0 Å². The molecular weight excluding hydrogens is 617 g/mol. The predicted octanol–water partition coefficient (Wildman–Crippen LogP) is 6.66. The Morgan fingerprint density at radius 1 is 0.818 bits per heavy atom. The van der Waals surface area contributed by atoms with E-state index in [0.29, 0.717) is 34.3 Å². The molecule has 7 nitrogen and oxygen atoms in total. The smallest absolute Gasteiger partial charge is 0.264 e. The Bertz CT molecular complexity index is 1650. The second-order valence-corrected chi connectivity index (χ2v) is 13.1. The fraction of sp³-hybridized carbons (Fsp3) is 0.235. The van der Waals surface area contributed by atoms with Gasteiger partial charge in [-0.2, -0.15) is 0 Å². The van der Waals surface area contributed by atoms with Crippen LogP contribution < -0.4 is 9.62 Å². The third kappa shape index (κ3) is 8.20. The van der Waals surface area contributed by atoms with Crippen molar-refractivity contribution in [3.05, 3.63) is 130 Å². The number of sulfonamides is 1. The molecular formula is C34H35Cl2N3O4S. The molecule has 0 heterocycles. The maximum atomic E-state index is 14.5. The molecule has 10 heteroatoms. The SMILES string of the molecule is CCCNC(=O)[C@@H](Cc1ccccc1)N(Cc1c(Cl)cccc1Cl)C(=O)CN(c1ccc(C)cc1)S(=O)(=O)c1ccccc1. The molecule has 0 bridgehead atoms. The van der Waals surface area contributed by atoms with E-state index in [0.717, 1.165) is 15.4 Å². The summed E-state index contributed by atoms with van der Waals surface area (Å²) in [6.45, 7) is 3.57. The molecule has 0 unspecified atom stereocenters. The van der Waals surface area contributed by atoms with Gasteiger partial charge < -0.3 is 10.2 Å². The largest absolute Gasteiger partial charge is 0.354 e. The van der Waals surface area contributed by atoms with Gasteiger partial charge in [-0.3, -0.25) is 13.9 Å². The molecule has 2 amide bonds. The molecule has 44 heavy (non-hydrogen) atoms. The van der Waals surface area contributed by atoms with E-state index in [9.17, 15) is 18.0 Å². The Morgan fingerprint density at radius 3 is 2.00 bits per heavy atom. The Morgan fingerprint density at radius 2 is 1.41 bits per heavy atom. The molecule has 0 spiro atoms. The fourth-order valence-corrected chi connectivity index (χ4v) is 6.69. The minimum atomic E-state index is -4.17. The third-order valence-corrected chi connectivity index (χ3v) is 9.64. The van der Waals surface area contributed by atoms with Crippen molar-refractivity contribution in [2.24, 2.45) is 0 Å². The molecule has 230 valence electrons. The average Bonchev–Trinajstić information content (AvgIpc) is 3.03. The highest BCUT2D eigenvalue weighted by molar-refractivity contribution is 7.92. The maximum absolute atomic E-state index is 14.5. The van der Waals surface area contributed by atoms with Crippen molar-refractivity contribution in [1.29, 1.82) is 0 Å². The number of carbonyl (C=O) groups excluding carboxylic acids is 2. The van der Waals surface area contributed by atoms with Gasteiger partial charge in [-0.15, -0.1) is 0 Å². The standard InChI is InChI=1S/C34H35Cl2N3O4S/c1-3-21-37-34(41)32(22-26-11-6-4-7-12-26)38(23-29-30(35)15-10-16-31(29)36)33(40)24-39(27-19-17-25(2)18-20-27)44(42,43)28-13-8-5-9-14-28/h4-20,32H,3,21-24H2,1-2H3,(H,37,41)/t32-/m1/s1. The van der Waals surface area contributed by atoms with Crippen LogP contribution in [0.1, 0.15) is 30.0 Å². The Kier molecular flexibility index (Phi) is 11.4. The van der Waals surface area contributed by atoms with Crippen LogP contribution in [-0.2, 0) is 32.6 Å². The van der Waals surface area contributed by atoms with E-state index in [2.05, 4.69) is 5.32 Å². The van der Waals surface area contributed by atoms with E-state index in [1.807, 2.05) is 44.2 Å². The lowest BCUT2D eigenvalue weighted by Gasteiger charge is -2.34. The zero-order valence-electron chi connectivity index (χ0n) is 24.6. The van der Waals surface area contributed by atoms with Crippen molar-refractivity contribution in [1.82, 2.24) is 10.2 Å². The quantitative estimate of drug-likeness (QED) is 0.175. The summed E-state index contributed by atoms with van der Waals surface area (Å²) in [4.78, 5) is 29.6. The fourth-order valence-electron chi connectivity index (χ4n) is 4.73. The van der Waals surface area contributed by atoms with Gasteiger partial charge in [0.2, 0.25) is 11.8 Å². The van der Waals surface area contributed by atoms with Crippen LogP contribution in [0.3, 0.4) is 0 Å². The van der Waals surface area contributed by atoms with Gasteiger partial charge in [0.1, 0.15) is 12.6 Å². The molecule has 0 saturated heterocycles. The van der Waals surface area contributed by atoms with E-state index < -0.39 is 28.5 Å². The molecule has 0 aliphatic heterocycles. The lowest BCUT2D eigenvalue weighted by molar-refractivity contribution is -0.140. The molecule has 4 aromatic carbocycles. The Labute approximate surface area is 269 Å². The number of nitrogens with zero attached hydrogens (tertiary/aromatic N) is 2. The lowest BCUT2D eigenvalue weighted by Crippen LogP contribution is -2.53. The van der Waals surface area contributed by atoms with Crippen molar-refractivity contribution in [3.63, 3.8) is 0 Å². The van der Waals surface area contributed by atoms with Crippen LogP contribution in [0.4, 0.5) is 5.69 Å². The van der Waals surface area contributed by atoms with Gasteiger partial charge >= 0.3 is 0 Å². The highest BCUT2D eigenvalue weighted by Crippen LogP contribution is 2.29. The minimum absolute atomic E-state index is 0.0376. The van der Waals surface area contributed by atoms with Gasteiger partial charge in [0.25, 0.3) is 10.0 Å². The molecule has 1 N–H and O–H groups in total. The van der Waals surface area contributed by atoms with Gasteiger partial charge in [-0.25, -0.2) is 8.42 Å². The first kappa shape index (κ1) is 33.1. The number of hydrogen-bond acceptors (Lipinski definition) is 4. The van der Waals surface area contributed by atoms with Crippen LogP contribution in [0.25, 0.3) is 0 Å². The Balaban J connectivity index is 1.82. The van der Waals surface area contributed by atoms with E-state index in [1.165, 1.54) is 17.0 Å². The highest BCUT2D eigenvalue weighted by Gasteiger charge is 2.35. The predicted molar refractivity (Wildman–Crippen MR) is 176 cm³/mol. The van der Waals surface area contributed by atoms with Crippen molar-refractivity contribution in [2.75, 3.05) is 17.4 Å². The monoisotopic (exact) mass is 651 g/mol. The molecule has 0 fully saturated rings. The molecule has 0 aromatic heterocycles. The summed E-state index contributed by atoms with van der Waals surface area (Å²) in [5.74, 6) is -0.950. The average molecular weight is 653 g/mol. The number of amides is 2. The first-order valence-electron chi connectivity index (χ1n) is 14.3. The number of nitrogens with one attached hydrogen (secondary N) is 1. The van der Waals surface area contributed by atoms with Crippen LogP contribution in [0.5, 0.6) is 0 Å². The van der Waals surface area contributed by atoms with Crippen molar-refractivity contribution in [3.8, 4) is 0 Å². The van der Waals surface area contributed by atoms with Gasteiger partial charge in [0.15, 0.2) is 0 Å². The number of benzene rings is 4. The molecule has 0 aliphatic rings. The topological polar surface area (TPSA) is 86.8 Å². The van der Waals surface area contributed by atoms with Gasteiger partial charge in [-0.1, -0.05) is 102 Å². The summed E-state index contributed by atoms with van der Waals surface area (Å²) in [7, 11) is -4.17. The normalized spacial score (nSPS) is 11.9. The molecule has 1 atom stereocenters. The van der Waals surface area contributed by atoms with Gasteiger partial charge in [0.05, 0.1) is 10.6 Å². The van der Waals surface area contributed by atoms with Crippen LogP contribution in [-0.4, -0.2) is 44.3 Å². The zero-order chi connectivity index (χ0) is 31.7. The number of carbonyl (C=O) groups is 2. The summed E-state index contributed by atoms with van der Waals surface area (Å²) in [6.07, 6.45) is 0.894. The highest BCUT2D eigenvalue weighted by atomic mass is 35.5. The number of aryl methyl sites for hydroxylation is 1. The summed E-state index contributed by atoms with van der Waals surface area (Å²) in [6, 6.07) is 28.2. The van der Waals surface area contributed by atoms with Gasteiger partial charge in [-0.05, 0) is 55.3 Å². The number of hydrogen-bond donors (Lipinski definition) is 1. The first-order valence-corrected chi connectivity index (χ1v) is 16.5. The summed E-state index contributed by atoms with van der Waals surface area (Å²) < 4.78 is 29.1. The van der Waals surface area contributed by atoms with E-state index in [1.54, 1.807) is 60.7 Å². The van der Waals surface area contributed by atoms with E-state index in [4.69, 9.17) is 23.2 Å². The summed E-state index contributed by atoms with van der Waals surface area (Å²) in [5, 5.41) is 3.58. The number of halogens is 2. The summed E-state index contributed by atoms with van der Waals surface area (Å²) in [5.41, 5.74) is 2.54. The third-order valence-electron chi connectivity index (χ3n) is 7.14.